The maximum atomic E-state index is 12.5. The molecule has 0 saturated heterocycles. The van der Waals surface area contributed by atoms with Gasteiger partial charge in [0.15, 0.2) is 0 Å². The highest BCUT2D eigenvalue weighted by Gasteiger charge is 2.18. The van der Waals surface area contributed by atoms with E-state index < -0.39 is 12.1 Å². The van der Waals surface area contributed by atoms with Crippen LogP contribution in [0.5, 0.6) is 0 Å². The molecule has 0 radical (unpaired) electrons. The molecule has 2 unspecified atom stereocenters. The number of ether oxygens (including phenoxy) is 1. The summed E-state index contributed by atoms with van der Waals surface area (Å²) < 4.78 is 5.49. The van der Waals surface area contributed by atoms with Gasteiger partial charge in [-0.05, 0) is 57.8 Å². The molecule has 6 nitrogen and oxygen atoms in total. The number of carbonyl (C=O) groups excluding carboxylic acids is 2. The summed E-state index contributed by atoms with van der Waals surface area (Å²) in [6.07, 6.45) is 96.0. The van der Waals surface area contributed by atoms with Crippen molar-refractivity contribution in [1.82, 2.24) is 5.32 Å². The minimum atomic E-state index is -0.839. The molecule has 0 aromatic rings. The lowest BCUT2D eigenvalue weighted by Gasteiger charge is -2.20. The Bertz CT molecular complexity index is 1330. The van der Waals surface area contributed by atoms with E-state index in [0.717, 1.165) is 44.9 Å². The van der Waals surface area contributed by atoms with Crippen molar-refractivity contribution in [3.05, 3.63) is 24.3 Å². The molecule has 0 aliphatic heterocycles. The van der Waals surface area contributed by atoms with Crippen molar-refractivity contribution in [2.24, 2.45) is 0 Å². The predicted octanol–water partition coefficient (Wildman–Crippen LogP) is 25.7. The number of rotatable bonds is 74. The van der Waals surface area contributed by atoms with Crippen LogP contribution < -0.4 is 5.32 Å². The lowest BCUT2D eigenvalue weighted by atomic mass is 10.0. The van der Waals surface area contributed by atoms with Gasteiger partial charge in [-0.1, -0.05) is 398 Å². The molecule has 6 heteroatoms. The van der Waals surface area contributed by atoms with E-state index in [1.54, 1.807) is 6.08 Å². The Balaban J connectivity index is 3.29. The van der Waals surface area contributed by atoms with Crippen LogP contribution in [-0.4, -0.2) is 47.4 Å². The van der Waals surface area contributed by atoms with E-state index in [4.69, 9.17) is 4.74 Å². The third-order valence-electron chi connectivity index (χ3n) is 18.5. The predicted molar refractivity (Wildman–Crippen MR) is 375 cm³/mol. The van der Waals surface area contributed by atoms with E-state index in [1.807, 2.05) is 6.08 Å². The average Bonchev–Trinajstić information content (AvgIpc) is 3.52. The number of nitrogens with one attached hydrogen (secondary N) is 1. The molecule has 1 amide bonds. The number of aliphatic hydroxyl groups excluding tert-OH is 2. The molecule has 85 heavy (non-hydrogen) atoms. The smallest absolute Gasteiger partial charge is 0.305 e. The lowest BCUT2D eigenvalue weighted by molar-refractivity contribution is -0.143. The third-order valence-corrected chi connectivity index (χ3v) is 18.5. The minimum Gasteiger partial charge on any atom is -0.466 e. The second-order valence-electron chi connectivity index (χ2n) is 27.0. The standard InChI is InChI=1S/C79H153NO5/c1-3-5-7-9-11-13-15-17-44-47-51-55-59-63-67-71-77(82)76(75-81)80-78(83)72-68-64-60-56-52-48-45-42-40-38-36-34-32-30-28-26-24-22-20-19-21-23-25-27-29-31-33-35-37-39-41-43-46-50-54-58-62-66-70-74-85-79(84)73-69-65-61-57-53-49-18-16-14-12-10-8-6-4-2/h16,18,67,71,76-77,81-82H,3-15,17,19-66,68-70,72-75H2,1-2H3,(H,80,83)/b18-16-,71-67+. The second-order valence-corrected chi connectivity index (χ2v) is 27.0. The van der Waals surface area contributed by atoms with Crippen LogP contribution in [0.2, 0.25) is 0 Å². The quantitative estimate of drug-likeness (QED) is 0.0320. The van der Waals surface area contributed by atoms with E-state index in [2.05, 4.69) is 31.3 Å². The molecule has 3 N–H and O–H groups in total. The third kappa shape index (κ3) is 71.3. The van der Waals surface area contributed by atoms with Crippen molar-refractivity contribution in [2.75, 3.05) is 13.2 Å². The number of hydrogen-bond donors (Lipinski definition) is 3. The SMILES string of the molecule is CCCCCCC/C=C\CCCCCCCC(=O)OCCCCCCCCCCCCCCCCCCCCCCCCCCCCCCCCCCCCCCCCCC(=O)NC(CO)C(O)/C=C/CCCCCCCCCCCCCCC. The van der Waals surface area contributed by atoms with Crippen molar-refractivity contribution in [3.63, 3.8) is 0 Å². The van der Waals surface area contributed by atoms with Crippen LogP contribution in [0.3, 0.4) is 0 Å². The van der Waals surface area contributed by atoms with Gasteiger partial charge in [-0.25, -0.2) is 0 Å². The molecule has 0 bridgehead atoms. The maximum absolute atomic E-state index is 12.5. The first-order chi connectivity index (χ1) is 42.0. The molecule has 0 aliphatic carbocycles. The molecule has 0 aromatic carbocycles. The first-order valence-corrected chi connectivity index (χ1v) is 39.1. The Morgan fingerprint density at radius 2 is 0.553 bits per heavy atom. The Labute approximate surface area is 532 Å². The van der Waals surface area contributed by atoms with Crippen LogP contribution in [0.25, 0.3) is 0 Å². The zero-order chi connectivity index (χ0) is 61.3. The fourth-order valence-corrected chi connectivity index (χ4v) is 12.5. The Morgan fingerprint density at radius 3 is 0.835 bits per heavy atom. The molecule has 2 atom stereocenters. The molecule has 0 heterocycles. The summed E-state index contributed by atoms with van der Waals surface area (Å²) in [4.78, 5) is 24.6. The molecular formula is C79H153NO5. The zero-order valence-electron chi connectivity index (χ0n) is 57.9. The fraction of sp³-hybridized carbons (Fsp3) is 0.924. The highest BCUT2D eigenvalue weighted by Crippen LogP contribution is 2.20. The second kappa shape index (κ2) is 74.8. The number of aliphatic hydroxyl groups is 2. The Morgan fingerprint density at radius 1 is 0.318 bits per heavy atom. The van der Waals surface area contributed by atoms with Crippen LogP contribution in [0.1, 0.15) is 444 Å². The van der Waals surface area contributed by atoms with Crippen LogP contribution in [0.15, 0.2) is 24.3 Å². The first kappa shape index (κ1) is 83.3. The van der Waals surface area contributed by atoms with Gasteiger partial charge in [0.1, 0.15) is 0 Å². The van der Waals surface area contributed by atoms with Crippen LogP contribution in [-0.2, 0) is 14.3 Å². The summed E-state index contributed by atoms with van der Waals surface area (Å²) in [6.45, 7) is 4.93. The van der Waals surface area contributed by atoms with Crippen molar-refractivity contribution in [1.29, 1.82) is 0 Å². The van der Waals surface area contributed by atoms with Gasteiger partial charge in [-0.3, -0.25) is 9.59 Å². The van der Waals surface area contributed by atoms with Crippen molar-refractivity contribution < 1.29 is 24.5 Å². The first-order valence-electron chi connectivity index (χ1n) is 39.1. The summed E-state index contributed by atoms with van der Waals surface area (Å²) >= 11 is 0. The number of esters is 1. The van der Waals surface area contributed by atoms with Crippen molar-refractivity contribution in [2.45, 2.75) is 456 Å². The number of hydrogen-bond acceptors (Lipinski definition) is 5. The summed E-state index contributed by atoms with van der Waals surface area (Å²) in [5, 5.41) is 23.2. The van der Waals surface area contributed by atoms with E-state index >= 15 is 0 Å². The minimum absolute atomic E-state index is 0.0160. The molecule has 0 fully saturated rings. The van der Waals surface area contributed by atoms with Gasteiger partial charge in [-0.15, -0.1) is 0 Å². The number of amides is 1. The zero-order valence-corrected chi connectivity index (χ0v) is 57.9. The summed E-state index contributed by atoms with van der Waals surface area (Å²) in [5.74, 6) is -0.0428. The molecule has 0 spiro atoms. The van der Waals surface area contributed by atoms with Gasteiger partial charge >= 0.3 is 5.97 Å². The van der Waals surface area contributed by atoms with E-state index in [0.29, 0.717) is 19.4 Å². The molecule has 0 aromatic heterocycles. The maximum Gasteiger partial charge on any atom is 0.305 e. The lowest BCUT2D eigenvalue weighted by Crippen LogP contribution is -2.45. The largest absolute Gasteiger partial charge is 0.466 e. The van der Waals surface area contributed by atoms with Crippen LogP contribution in [0.4, 0.5) is 0 Å². The topological polar surface area (TPSA) is 95.9 Å². The van der Waals surface area contributed by atoms with Crippen LogP contribution in [0, 0.1) is 0 Å². The molecular weight excluding hydrogens is 1040 g/mol. The number of carbonyl (C=O) groups is 2. The average molecular weight is 1200 g/mol. The Hall–Kier alpha value is -1.66. The Kier molecular flexibility index (Phi) is 73.3. The normalized spacial score (nSPS) is 12.6. The summed E-state index contributed by atoms with van der Waals surface area (Å²) in [5.41, 5.74) is 0. The monoisotopic (exact) mass is 1200 g/mol. The van der Waals surface area contributed by atoms with Crippen molar-refractivity contribution >= 4 is 11.9 Å². The van der Waals surface area contributed by atoms with E-state index in [1.165, 1.54) is 372 Å². The molecule has 0 saturated carbocycles. The van der Waals surface area contributed by atoms with Gasteiger partial charge in [0.25, 0.3) is 0 Å². The summed E-state index contributed by atoms with van der Waals surface area (Å²) in [6, 6.07) is -0.622. The highest BCUT2D eigenvalue weighted by molar-refractivity contribution is 5.76. The highest BCUT2D eigenvalue weighted by atomic mass is 16.5. The van der Waals surface area contributed by atoms with Gasteiger partial charge in [0.05, 0.1) is 25.4 Å². The van der Waals surface area contributed by atoms with E-state index in [9.17, 15) is 19.8 Å². The van der Waals surface area contributed by atoms with Crippen molar-refractivity contribution in [3.8, 4) is 0 Å². The van der Waals surface area contributed by atoms with Crippen LogP contribution >= 0.6 is 0 Å². The van der Waals surface area contributed by atoms with Gasteiger partial charge in [0, 0.05) is 12.8 Å². The summed E-state index contributed by atoms with van der Waals surface area (Å²) in [7, 11) is 0. The fourth-order valence-electron chi connectivity index (χ4n) is 12.5. The molecule has 0 rings (SSSR count). The molecule has 0 aliphatic rings. The van der Waals surface area contributed by atoms with Gasteiger partial charge < -0.3 is 20.3 Å². The van der Waals surface area contributed by atoms with Gasteiger partial charge in [0.2, 0.25) is 5.91 Å². The van der Waals surface area contributed by atoms with Gasteiger partial charge in [-0.2, -0.15) is 0 Å². The van der Waals surface area contributed by atoms with E-state index in [-0.39, 0.29) is 18.5 Å². The number of unbranched alkanes of at least 4 members (excludes halogenated alkanes) is 61. The molecule has 504 valence electrons. The number of allylic oxidation sites excluding steroid dienone is 3.